The summed E-state index contributed by atoms with van der Waals surface area (Å²) in [4.78, 5) is 11.0. The van der Waals surface area contributed by atoms with Crippen LogP contribution in [0.25, 0.3) is 0 Å². The van der Waals surface area contributed by atoms with Crippen molar-refractivity contribution in [3.63, 3.8) is 0 Å². The molecule has 22 heavy (non-hydrogen) atoms. The summed E-state index contributed by atoms with van der Waals surface area (Å²) in [5.74, 6) is -0.0511. The highest BCUT2D eigenvalue weighted by molar-refractivity contribution is 5.69. The zero-order valence-corrected chi connectivity index (χ0v) is 13.4. The van der Waals surface area contributed by atoms with Gasteiger partial charge < -0.3 is 24.1 Å². The quantitative estimate of drug-likeness (QED) is 0.227. The molecule has 0 unspecified atom stereocenters. The number of hydrogen-bond donors (Lipinski definition) is 1. The molecule has 1 heterocycles. The van der Waals surface area contributed by atoms with Crippen molar-refractivity contribution in [2.45, 2.75) is 50.3 Å². The highest BCUT2D eigenvalue weighted by Crippen LogP contribution is 2.50. The summed E-state index contributed by atoms with van der Waals surface area (Å²) in [5.41, 5.74) is 0. The van der Waals surface area contributed by atoms with E-state index in [1.54, 1.807) is 14.2 Å². The Balaban J connectivity index is 1.79. The Kier molecular flexibility index (Phi) is 6.37. The first-order valence-electron chi connectivity index (χ1n) is 7.75. The van der Waals surface area contributed by atoms with Gasteiger partial charge in [-0.05, 0) is 19.3 Å². The Morgan fingerprint density at radius 2 is 1.95 bits per heavy atom. The Hall–Kier alpha value is -0.950. The van der Waals surface area contributed by atoms with E-state index in [1.807, 2.05) is 0 Å². The first-order valence-corrected chi connectivity index (χ1v) is 7.75. The molecule has 6 nitrogen and oxygen atoms in total. The predicted molar refractivity (Wildman–Crippen MR) is 79.1 cm³/mol. The zero-order valence-electron chi connectivity index (χ0n) is 13.4. The van der Waals surface area contributed by atoms with Crippen LogP contribution in [0.15, 0.2) is 12.2 Å². The topological polar surface area (TPSA) is 77.5 Å². The molecule has 1 N–H and O–H groups in total. The van der Waals surface area contributed by atoms with Gasteiger partial charge in [-0.1, -0.05) is 12.2 Å². The molecule has 1 saturated heterocycles. The van der Waals surface area contributed by atoms with Gasteiger partial charge in [0.25, 0.3) is 0 Å². The maximum Gasteiger partial charge on any atom is 0.305 e. The van der Waals surface area contributed by atoms with Crippen LogP contribution in [0.1, 0.15) is 25.7 Å². The Bertz CT molecular complexity index is 392. The zero-order chi connectivity index (χ0) is 16.1. The van der Waals surface area contributed by atoms with Gasteiger partial charge in [0.05, 0.1) is 19.3 Å². The second-order valence-corrected chi connectivity index (χ2v) is 5.81. The molecular weight excluding hydrogens is 288 g/mol. The normalized spacial score (nSPS) is 33.4. The van der Waals surface area contributed by atoms with Gasteiger partial charge in [0, 0.05) is 32.5 Å². The first kappa shape index (κ1) is 17.4. The van der Waals surface area contributed by atoms with Crippen LogP contribution < -0.4 is 0 Å². The van der Waals surface area contributed by atoms with Crippen LogP contribution in [0.5, 0.6) is 0 Å². The number of carbonyl (C=O) groups excluding carboxylic acids is 1. The maximum absolute atomic E-state index is 11.0. The number of unbranched alkanes of at least 4 members (excludes halogenated alkanes) is 1. The number of carbonyl (C=O) groups is 1. The van der Waals surface area contributed by atoms with Gasteiger partial charge >= 0.3 is 5.97 Å². The van der Waals surface area contributed by atoms with Crippen LogP contribution in [0.3, 0.4) is 0 Å². The molecule has 0 aromatic rings. The second kappa shape index (κ2) is 8.06. The molecule has 1 aliphatic carbocycles. The molecular formula is C16H26O6. The number of allylic oxidation sites excluding steroid dienone is 2. The number of methoxy groups -OCH3 is 3. The summed E-state index contributed by atoms with van der Waals surface area (Å²) in [6, 6.07) is 0. The molecule has 2 fully saturated rings. The lowest BCUT2D eigenvalue weighted by molar-refractivity contribution is -0.175. The molecule has 0 bridgehead atoms. The minimum Gasteiger partial charge on any atom is -0.469 e. The lowest BCUT2D eigenvalue weighted by atomic mass is 9.89. The summed E-state index contributed by atoms with van der Waals surface area (Å²) >= 11 is 0. The Labute approximate surface area is 131 Å². The number of ether oxygens (including phenoxy) is 4. The lowest BCUT2D eigenvalue weighted by Crippen LogP contribution is -2.38. The standard InChI is InChI=1S/C16H26O6/c1-19-11(17)9-7-5-4-6-8-10-12(16(20-2)21-3)13(18)15-14(10)22-15/h4,6,10,12-16,18H,5,7-9H2,1-3H3/t10-,12-,13+,14+,15-/m0/s1. The smallest absolute Gasteiger partial charge is 0.305 e. The number of rotatable bonds is 9. The van der Waals surface area contributed by atoms with E-state index in [4.69, 9.17) is 14.2 Å². The number of aliphatic hydroxyl groups excluding tert-OH is 1. The molecule has 126 valence electrons. The van der Waals surface area contributed by atoms with Crippen molar-refractivity contribution < 1.29 is 28.8 Å². The molecule has 0 radical (unpaired) electrons. The summed E-state index contributed by atoms with van der Waals surface area (Å²) in [6.07, 6.45) is 6.10. The number of fused-ring (bicyclic) bond motifs is 1. The van der Waals surface area contributed by atoms with Crippen LogP contribution >= 0.6 is 0 Å². The number of aliphatic hydroxyl groups is 1. The largest absolute Gasteiger partial charge is 0.469 e. The first-order chi connectivity index (χ1) is 10.6. The fourth-order valence-corrected chi connectivity index (χ4v) is 3.35. The van der Waals surface area contributed by atoms with Crippen molar-refractivity contribution in [1.29, 1.82) is 0 Å². The van der Waals surface area contributed by atoms with Gasteiger partial charge in [-0.3, -0.25) is 4.79 Å². The summed E-state index contributed by atoms with van der Waals surface area (Å²) in [7, 11) is 4.58. The van der Waals surface area contributed by atoms with Gasteiger partial charge in [0.15, 0.2) is 6.29 Å². The van der Waals surface area contributed by atoms with E-state index in [2.05, 4.69) is 16.9 Å². The molecule has 0 spiro atoms. The molecule has 5 atom stereocenters. The van der Waals surface area contributed by atoms with E-state index >= 15 is 0 Å². The predicted octanol–water partition coefficient (Wildman–Crippen LogP) is 1.27. The van der Waals surface area contributed by atoms with Crippen LogP contribution in [-0.4, -0.2) is 57.0 Å². The fraction of sp³-hybridized carbons (Fsp3) is 0.812. The van der Waals surface area contributed by atoms with E-state index in [9.17, 15) is 9.90 Å². The summed E-state index contributed by atoms with van der Waals surface area (Å²) in [5, 5.41) is 10.3. The van der Waals surface area contributed by atoms with Crippen molar-refractivity contribution in [1.82, 2.24) is 0 Å². The second-order valence-electron chi connectivity index (χ2n) is 5.81. The molecule has 2 aliphatic rings. The van der Waals surface area contributed by atoms with E-state index in [0.29, 0.717) is 6.42 Å². The molecule has 0 aromatic heterocycles. The third kappa shape index (κ3) is 3.87. The maximum atomic E-state index is 11.0. The van der Waals surface area contributed by atoms with E-state index in [1.165, 1.54) is 7.11 Å². The number of esters is 1. The van der Waals surface area contributed by atoms with Crippen molar-refractivity contribution in [2.24, 2.45) is 11.8 Å². The molecule has 0 amide bonds. The monoisotopic (exact) mass is 314 g/mol. The van der Waals surface area contributed by atoms with Crippen LogP contribution in [0, 0.1) is 11.8 Å². The third-order valence-electron chi connectivity index (χ3n) is 4.54. The van der Waals surface area contributed by atoms with Crippen molar-refractivity contribution in [3.8, 4) is 0 Å². The average molecular weight is 314 g/mol. The third-order valence-corrected chi connectivity index (χ3v) is 4.54. The van der Waals surface area contributed by atoms with Crippen LogP contribution in [0.2, 0.25) is 0 Å². The Morgan fingerprint density at radius 1 is 1.23 bits per heavy atom. The average Bonchev–Trinajstić information content (AvgIpc) is 3.27. The summed E-state index contributed by atoms with van der Waals surface area (Å²) < 4.78 is 20.8. The van der Waals surface area contributed by atoms with Gasteiger partial charge in [-0.15, -0.1) is 0 Å². The van der Waals surface area contributed by atoms with E-state index in [0.717, 1.165) is 19.3 Å². The fourth-order valence-electron chi connectivity index (χ4n) is 3.35. The Morgan fingerprint density at radius 3 is 2.59 bits per heavy atom. The van der Waals surface area contributed by atoms with Gasteiger partial charge in [-0.25, -0.2) is 0 Å². The van der Waals surface area contributed by atoms with Gasteiger partial charge in [0.2, 0.25) is 0 Å². The molecule has 1 aliphatic heterocycles. The van der Waals surface area contributed by atoms with E-state index in [-0.39, 0.29) is 30.0 Å². The van der Waals surface area contributed by atoms with Gasteiger partial charge in [-0.2, -0.15) is 0 Å². The molecule has 0 aromatic carbocycles. The minimum absolute atomic E-state index is 0.0709. The van der Waals surface area contributed by atoms with Crippen molar-refractivity contribution in [2.75, 3.05) is 21.3 Å². The highest BCUT2D eigenvalue weighted by Gasteiger charge is 2.63. The van der Waals surface area contributed by atoms with E-state index < -0.39 is 12.4 Å². The SMILES string of the molecule is COC(=O)CCCC=CC[C@@H]1[C@H]2O[C@H]2[C@H](O)[C@H]1C(OC)OC. The molecule has 2 rings (SSSR count). The summed E-state index contributed by atoms with van der Waals surface area (Å²) in [6.45, 7) is 0. The molecule has 1 saturated carbocycles. The van der Waals surface area contributed by atoms with Crippen molar-refractivity contribution in [3.05, 3.63) is 12.2 Å². The molecule has 6 heteroatoms. The highest BCUT2D eigenvalue weighted by atomic mass is 16.7. The number of hydrogen-bond acceptors (Lipinski definition) is 6. The van der Waals surface area contributed by atoms with Crippen molar-refractivity contribution >= 4 is 5.97 Å². The number of epoxide rings is 1. The lowest BCUT2D eigenvalue weighted by Gasteiger charge is -2.30. The van der Waals surface area contributed by atoms with Crippen LogP contribution in [0.4, 0.5) is 0 Å². The minimum atomic E-state index is -0.535. The van der Waals surface area contributed by atoms with Gasteiger partial charge in [0.1, 0.15) is 6.10 Å². The van der Waals surface area contributed by atoms with Crippen LogP contribution in [-0.2, 0) is 23.7 Å².